The van der Waals surface area contributed by atoms with Crippen LogP contribution in [-0.4, -0.2) is 91.2 Å². The van der Waals surface area contributed by atoms with Gasteiger partial charge in [0.1, 0.15) is 24.4 Å². The van der Waals surface area contributed by atoms with E-state index < -0.39 is 73.3 Å². The molecule has 0 aliphatic carbocycles. The average Bonchev–Trinajstić information content (AvgIpc) is 3.67. The molecule has 0 radical (unpaired) electrons. The predicted octanol–water partition coefficient (Wildman–Crippen LogP) is 11.1. The van der Waals surface area contributed by atoms with E-state index in [4.69, 9.17) is 4.74 Å². The van der Waals surface area contributed by atoms with Gasteiger partial charge in [-0.25, -0.2) is 0 Å². The Morgan fingerprint density at radius 3 is 1.98 bits per heavy atom. The molecule has 62 heavy (non-hydrogen) atoms. The van der Waals surface area contributed by atoms with Gasteiger partial charge in [0.25, 0.3) is 0 Å². The number of ether oxygens (including phenoxy) is 1. The molecule has 3 aliphatic rings. The van der Waals surface area contributed by atoms with Crippen molar-refractivity contribution in [1.29, 1.82) is 0 Å². The van der Waals surface area contributed by atoms with Crippen LogP contribution in [0.4, 0.5) is 74.6 Å². The lowest BCUT2D eigenvalue weighted by molar-refractivity contribution is -0.985. The number of rotatable bonds is 17. The number of halogens is 17. The van der Waals surface area contributed by atoms with Crippen molar-refractivity contribution in [3.8, 4) is 0 Å². The van der Waals surface area contributed by atoms with Gasteiger partial charge in [-0.2, -0.15) is 74.6 Å². The summed E-state index contributed by atoms with van der Waals surface area (Å²) in [4.78, 5) is 4.43. The average molecular weight is 913 g/mol. The summed E-state index contributed by atoms with van der Waals surface area (Å²) < 4.78 is 241. The van der Waals surface area contributed by atoms with Crippen molar-refractivity contribution in [2.24, 2.45) is 11.8 Å². The van der Waals surface area contributed by atoms with E-state index in [9.17, 15) is 74.6 Å². The molecular formula is C39H35F17N5O+. The highest BCUT2D eigenvalue weighted by Crippen LogP contribution is 2.64. The maximum Gasteiger partial charge on any atom is 0.460 e. The molecule has 0 saturated carbocycles. The highest BCUT2D eigenvalue weighted by atomic mass is 19.4. The van der Waals surface area contributed by atoms with Crippen molar-refractivity contribution in [1.82, 2.24) is 20.0 Å². The van der Waals surface area contributed by atoms with E-state index in [1.54, 1.807) is 30.5 Å². The minimum atomic E-state index is -8.69. The zero-order chi connectivity index (χ0) is 46.0. The Balaban J connectivity index is 1.24. The number of fused-ring (bicyclic) bond motifs is 4. The number of aryl methyl sites for hydroxylation is 1. The number of alkyl halides is 17. The standard InChI is InChI=1S/C39H35F17N5O/c1-2-24-21-61(20-23-8-4-3-5-9-23)17-13-25(24)18-30(61)31(28-12-15-57-29-11-7-6-10-27(28)29)62-22-26-19-60(59-58-26)16-14-32(40,41)33(42,43)34(44,45)35(46,47)36(48,49)37(50,51)38(52,53)39(54,55)56/h2-12,15,19,24-25,30-31H,1,13-14,16-18,20-22H2/q+1/t24-,25-,30-,31+,61?/m0/s1. The summed E-state index contributed by atoms with van der Waals surface area (Å²) in [5.41, 5.74) is 2.21. The van der Waals surface area contributed by atoms with Crippen LogP contribution in [0.3, 0.4) is 0 Å². The SMILES string of the molecule is C=C[C@H]1C[N+]2(Cc3ccccc3)CC[C@H]1C[C@H]2[C@H](OCc1cn(CCC(F)(F)C(F)(F)C(F)(F)C(F)(F)C(F)(F)C(F)(F)C(F)(F)C(F)(F)F)nn1)c1ccnc2ccccc12. The molecule has 3 aliphatic heterocycles. The van der Waals surface area contributed by atoms with Crippen LogP contribution in [0.25, 0.3) is 10.9 Å². The van der Waals surface area contributed by atoms with Crippen LogP contribution < -0.4 is 0 Å². The normalized spacial score (nSPS) is 22.6. The molecule has 3 saturated heterocycles. The molecule has 2 aromatic heterocycles. The molecule has 0 N–H and O–H groups in total. The van der Waals surface area contributed by atoms with Gasteiger partial charge < -0.3 is 9.22 Å². The molecule has 1 unspecified atom stereocenters. The lowest BCUT2D eigenvalue weighted by atomic mass is 9.71. The van der Waals surface area contributed by atoms with Gasteiger partial charge in [0, 0.05) is 48.9 Å². The number of para-hydroxylation sites is 1. The van der Waals surface area contributed by atoms with E-state index in [-0.39, 0.29) is 23.6 Å². The van der Waals surface area contributed by atoms with Crippen molar-refractivity contribution < 1.29 is 83.9 Å². The lowest BCUT2D eigenvalue weighted by Gasteiger charge is -2.58. The number of piperidine rings is 3. The van der Waals surface area contributed by atoms with Crippen LogP contribution in [0.15, 0.2) is 85.7 Å². The lowest BCUT2D eigenvalue weighted by Crippen LogP contribution is -2.74. The topological polar surface area (TPSA) is 52.8 Å². The summed E-state index contributed by atoms with van der Waals surface area (Å²) in [7, 11) is 0. The molecule has 5 atom stereocenters. The summed E-state index contributed by atoms with van der Waals surface area (Å²) in [6, 6.07) is 18.4. The number of nitrogens with zero attached hydrogens (tertiary/aromatic N) is 5. The van der Waals surface area contributed by atoms with Crippen molar-refractivity contribution >= 4 is 10.9 Å². The van der Waals surface area contributed by atoms with Crippen molar-refractivity contribution in [3.63, 3.8) is 0 Å². The molecule has 4 aromatic rings. The van der Waals surface area contributed by atoms with Gasteiger partial charge in [0.05, 0.1) is 31.4 Å². The van der Waals surface area contributed by atoms with Crippen LogP contribution in [-0.2, 0) is 24.4 Å². The minimum Gasteiger partial charge on any atom is -0.361 e. The molecular weight excluding hydrogens is 877 g/mol. The molecule has 2 aromatic carbocycles. The highest BCUT2D eigenvalue weighted by Gasteiger charge is 2.95. The van der Waals surface area contributed by atoms with Gasteiger partial charge in [0.15, 0.2) is 0 Å². The second-order valence-corrected chi connectivity index (χ2v) is 15.5. The van der Waals surface area contributed by atoms with E-state index in [0.29, 0.717) is 39.8 Å². The van der Waals surface area contributed by atoms with Gasteiger partial charge in [-0.3, -0.25) is 9.67 Å². The molecule has 2 bridgehead atoms. The molecule has 23 heteroatoms. The Labute approximate surface area is 340 Å². The number of hydrogen-bond acceptors (Lipinski definition) is 4. The number of hydrogen-bond donors (Lipinski definition) is 0. The first-order chi connectivity index (χ1) is 28.6. The second kappa shape index (κ2) is 15.9. The monoisotopic (exact) mass is 912 g/mol. The molecule has 5 heterocycles. The molecule has 6 nitrogen and oxygen atoms in total. The Kier molecular flexibility index (Phi) is 12.1. The quantitative estimate of drug-likeness (QED) is 0.0602. The first-order valence-corrected chi connectivity index (χ1v) is 18.7. The first kappa shape index (κ1) is 47.0. The largest absolute Gasteiger partial charge is 0.460 e. The van der Waals surface area contributed by atoms with Crippen molar-refractivity contribution in [3.05, 3.63) is 103 Å². The van der Waals surface area contributed by atoms with E-state index in [0.717, 1.165) is 30.1 Å². The van der Waals surface area contributed by atoms with E-state index in [2.05, 4.69) is 21.9 Å². The third-order valence-corrected chi connectivity index (χ3v) is 11.8. The maximum absolute atomic E-state index is 14.7. The maximum atomic E-state index is 14.7. The van der Waals surface area contributed by atoms with E-state index >= 15 is 0 Å². The van der Waals surface area contributed by atoms with Crippen LogP contribution in [0, 0.1) is 11.8 Å². The van der Waals surface area contributed by atoms with Crippen LogP contribution in [0.5, 0.6) is 0 Å². The van der Waals surface area contributed by atoms with E-state index in [1.807, 2.05) is 42.5 Å². The number of quaternary nitrogens is 1. The minimum absolute atomic E-state index is 0.165. The number of aromatic nitrogens is 4. The van der Waals surface area contributed by atoms with Gasteiger partial charge in [-0.15, -0.1) is 11.7 Å². The third kappa shape index (κ3) is 7.56. The first-order valence-electron chi connectivity index (χ1n) is 18.7. The summed E-state index contributed by atoms with van der Waals surface area (Å²) in [6.45, 7) is 4.06. The Bertz CT molecular complexity index is 2210. The number of pyridine rings is 1. The summed E-state index contributed by atoms with van der Waals surface area (Å²) >= 11 is 0. The molecule has 0 amide bonds. The number of benzene rings is 2. The Morgan fingerprint density at radius 1 is 0.758 bits per heavy atom. The van der Waals surface area contributed by atoms with Gasteiger partial charge in [-0.05, 0) is 23.6 Å². The molecule has 340 valence electrons. The fourth-order valence-corrected chi connectivity index (χ4v) is 8.38. The fourth-order valence-electron chi connectivity index (χ4n) is 8.38. The summed E-state index contributed by atoms with van der Waals surface area (Å²) in [5.74, 6) is -56.4. The fraction of sp³-hybridized carbons (Fsp3) is 0.513. The predicted molar refractivity (Wildman–Crippen MR) is 185 cm³/mol. The smallest absolute Gasteiger partial charge is 0.361 e. The second-order valence-electron chi connectivity index (χ2n) is 15.5. The molecule has 0 spiro atoms. The highest BCUT2D eigenvalue weighted by molar-refractivity contribution is 5.82. The van der Waals surface area contributed by atoms with E-state index in [1.165, 1.54) is 0 Å². The van der Waals surface area contributed by atoms with Crippen molar-refractivity contribution in [2.45, 2.75) is 98.7 Å². The summed E-state index contributed by atoms with van der Waals surface area (Å²) in [6.07, 6.45) is -5.35. The van der Waals surface area contributed by atoms with Gasteiger partial charge >= 0.3 is 47.6 Å². The van der Waals surface area contributed by atoms with Crippen LogP contribution >= 0.6 is 0 Å². The zero-order valence-corrected chi connectivity index (χ0v) is 31.7. The zero-order valence-electron chi connectivity index (χ0n) is 31.7. The van der Waals surface area contributed by atoms with Gasteiger partial charge in [-0.1, -0.05) is 59.8 Å². The Hall–Kier alpha value is -4.54. The third-order valence-electron chi connectivity index (χ3n) is 11.8. The van der Waals surface area contributed by atoms with Crippen LogP contribution in [0.1, 0.15) is 42.2 Å². The molecule has 3 fully saturated rings. The van der Waals surface area contributed by atoms with Crippen LogP contribution in [0.2, 0.25) is 0 Å². The Morgan fingerprint density at radius 2 is 1.35 bits per heavy atom. The van der Waals surface area contributed by atoms with Crippen molar-refractivity contribution in [2.75, 3.05) is 13.1 Å². The molecule has 7 rings (SSSR count). The van der Waals surface area contributed by atoms with Gasteiger partial charge in [0.2, 0.25) is 0 Å². The summed E-state index contributed by atoms with van der Waals surface area (Å²) in [5, 5.41) is 7.85.